The first-order valence-electron chi connectivity index (χ1n) is 19.0. The van der Waals surface area contributed by atoms with Gasteiger partial charge in [0, 0.05) is 32.9 Å². The lowest BCUT2D eigenvalue weighted by molar-refractivity contribution is 1.11. The first-order chi connectivity index (χ1) is 28.4. The van der Waals surface area contributed by atoms with Gasteiger partial charge < -0.3 is 9.13 Å². The topological polar surface area (TPSA) is 94.1 Å². The number of nitrogens with zero attached hydrogens (tertiary/aromatic N) is 6. The molecule has 0 aliphatic rings. The molecule has 0 atom stereocenters. The molecule has 0 bridgehead atoms. The van der Waals surface area contributed by atoms with Crippen molar-refractivity contribution in [1.82, 2.24) is 14.1 Å². The molecular weight excluding hydrogens is 709 g/mol. The maximum Gasteiger partial charge on any atom is 0.104 e. The number of aromatic nitrogens is 3. The van der Waals surface area contributed by atoms with E-state index in [9.17, 15) is 15.8 Å². The van der Waals surface area contributed by atoms with Crippen LogP contribution in [-0.2, 0) is 0 Å². The lowest BCUT2D eigenvalue weighted by Crippen LogP contribution is -2.05. The average molecular weight is 741 g/mol. The van der Waals surface area contributed by atoms with Crippen LogP contribution in [0.3, 0.4) is 0 Å². The number of hydrogen-bond acceptors (Lipinski definition) is 4. The third kappa shape index (κ3) is 5.50. The summed E-state index contributed by atoms with van der Waals surface area (Å²) >= 11 is 0. The largest absolute Gasteiger partial charge is 0.308 e. The van der Waals surface area contributed by atoms with Crippen molar-refractivity contribution in [1.29, 1.82) is 15.8 Å². The first-order valence-corrected chi connectivity index (χ1v) is 19.0. The van der Waals surface area contributed by atoms with Gasteiger partial charge in [-0.25, -0.2) is 0 Å². The van der Waals surface area contributed by atoms with Gasteiger partial charge in [-0.1, -0.05) is 84.9 Å². The molecule has 0 unspecified atom stereocenters. The number of benzene rings is 7. The molecular formula is C52H32N6. The summed E-state index contributed by atoms with van der Waals surface area (Å²) in [4.78, 5) is 4.70. The zero-order chi connectivity index (χ0) is 39.5. The molecule has 10 rings (SSSR count). The fourth-order valence-corrected chi connectivity index (χ4v) is 8.54. The van der Waals surface area contributed by atoms with E-state index in [-0.39, 0.29) is 0 Å². The van der Waals surface area contributed by atoms with Crippen molar-refractivity contribution in [3.05, 3.63) is 186 Å². The van der Waals surface area contributed by atoms with Gasteiger partial charge in [0.25, 0.3) is 0 Å². The highest BCUT2D eigenvalue weighted by atomic mass is 15.0. The summed E-state index contributed by atoms with van der Waals surface area (Å²) in [6.45, 7) is 4.02. The van der Waals surface area contributed by atoms with Gasteiger partial charge in [-0.2, -0.15) is 15.8 Å². The summed E-state index contributed by atoms with van der Waals surface area (Å²) in [6.07, 6.45) is 0. The molecule has 7 aromatic carbocycles. The summed E-state index contributed by atoms with van der Waals surface area (Å²) in [5.74, 6) is 0. The van der Waals surface area contributed by atoms with E-state index >= 15 is 0 Å². The molecule has 10 aromatic rings. The van der Waals surface area contributed by atoms with E-state index in [4.69, 9.17) is 4.98 Å². The number of aryl methyl sites for hydroxylation is 2. The molecule has 3 heterocycles. The van der Waals surface area contributed by atoms with E-state index in [0.29, 0.717) is 16.7 Å². The van der Waals surface area contributed by atoms with Crippen molar-refractivity contribution in [3.63, 3.8) is 0 Å². The Morgan fingerprint density at radius 3 is 1.21 bits per heavy atom. The number of para-hydroxylation sites is 2. The van der Waals surface area contributed by atoms with Gasteiger partial charge >= 0.3 is 0 Å². The maximum atomic E-state index is 11.5. The fraction of sp³-hybridized carbons (Fsp3) is 0.0385. The second-order valence-electron chi connectivity index (χ2n) is 14.7. The van der Waals surface area contributed by atoms with Crippen LogP contribution in [0.2, 0.25) is 0 Å². The van der Waals surface area contributed by atoms with Crippen LogP contribution in [-0.4, -0.2) is 14.1 Å². The molecule has 0 aliphatic carbocycles. The number of fused-ring (bicyclic) bond motifs is 6. The number of rotatable bonds is 5. The molecule has 0 radical (unpaired) electrons. The zero-order valence-corrected chi connectivity index (χ0v) is 31.7. The summed E-state index contributed by atoms with van der Waals surface area (Å²) in [7, 11) is 0. The number of hydrogen-bond donors (Lipinski definition) is 0. The second-order valence-corrected chi connectivity index (χ2v) is 14.7. The van der Waals surface area contributed by atoms with Gasteiger partial charge in [0.05, 0.1) is 56.7 Å². The molecule has 0 aliphatic heterocycles. The predicted octanol–water partition coefficient (Wildman–Crippen LogP) is 12.5. The van der Waals surface area contributed by atoms with Crippen LogP contribution in [0, 0.1) is 47.8 Å². The Morgan fingerprint density at radius 2 is 0.776 bits per heavy atom. The highest BCUT2D eigenvalue weighted by molar-refractivity contribution is 6.12. The molecule has 0 N–H and O–H groups in total. The molecule has 270 valence electrons. The zero-order valence-electron chi connectivity index (χ0n) is 31.7. The monoisotopic (exact) mass is 740 g/mol. The fourth-order valence-electron chi connectivity index (χ4n) is 8.54. The Kier molecular flexibility index (Phi) is 7.98. The normalized spacial score (nSPS) is 11.2. The molecule has 6 nitrogen and oxygen atoms in total. The average Bonchev–Trinajstić information content (AvgIpc) is 3.77. The minimum atomic E-state index is 0.532. The van der Waals surface area contributed by atoms with E-state index in [2.05, 4.69) is 124 Å². The van der Waals surface area contributed by atoms with E-state index in [0.717, 1.165) is 99.8 Å². The van der Waals surface area contributed by atoms with E-state index < -0.39 is 0 Å². The van der Waals surface area contributed by atoms with Crippen molar-refractivity contribution in [2.45, 2.75) is 13.8 Å². The third-order valence-electron chi connectivity index (χ3n) is 11.1. The van der Waals surface area contributed by atoms with Gasteiger partial charge in [-0.3, -0.25) is 4.98 Å². The summed E-state index contributed by atoms with van der Waals surface area (Å²) in [6, 6.07) is 60.6. The first kappa shape index (κ1) is 34.3. The summed E-state index contributed by atoms with van der Waals surface area (Å²) < 4.78 is 4.47. The standard InChI is InChI=1S/C52H32N6/c1-32-23-40(24-33(2)56-32)41-27-51(57-47-9-5-3-7-42(47)44-21-19-38(25-49(44)57)36-15-11-34(29-53)12-16-36)46(31-55)52(28-41)58-48-10-6-4-8-43(48)45-22-20-39(26-50(45)58)37-17-13-35(30-54)14-18-37/h3-28H,1-2H3. The Bertz CT molecular complexity index is 3220. The van der Waals surface area contributed by atoms with Crippen LogP contribution in [0.5, 0.6) is 0 Å². The van der Waals surface area contributed by atoms with Crippen LogP contribution in [0.4, 0.5) is 0 Å². The number of nitriles is 3. The molecule has 0 saturated heterocycles. The van der Waals surface area contributed by atoms with Crippen molar-refractivity contribution in [2.75, 3.05) is 0 Å². The Hall–Kier alpha value is -8.24. The van der Waals surface area contributed by atoms with Gasteiger partial charge in [-0.05, 0) is 120 Å². The predicted molar refractivity (Wildman–Crippen MR) is 233 cm³/mol. The van der Waals surface area contributed by atoms with Crippen molar-refractivity contribution in [3.8, 4) is 63.0 Å². The Morgan fingerprint density at radius 1 is 0.379 bits per heavy atom. The lowest BCUT2D eigenvalue weighted by Gasteiger charge is -2.19. The molecule has 3 aromatic heterocycles. The quantitative estimate of drug-likeness (QED) is 0.175. The minimum Gasteiger partial charge on any atom is -0.308 e. The molecule has 6 heteroatoms. The molecule has 0 spiro atoms. The van der Waals surface area contributed by atoms with Crippen LogP contribution < -0.4 is 0 Å². The van der Waals surface area contributed by atoms with Gasteiger partial charge in [0.15, 0.2) is 0 Å². The highest BCUT2D eigenvalue weighted by Crippen LogP contribution is 2.42. The summed E-state index contributed by atoms with van der Waals surface area (Å²) in [5.41, 5.74) is 15.0. The van der Waals surface area contributed by atoms with E-state index in [1.54, 1.807) is 0 Å². The van der Waals surface area contributed by atoms with Crippen molar-refractivity contribution in [2.24, 2.45) is 0 Å². The smallest absolute Gasteiger partial charge is 0.104 e. The van der Waals surface area contributed by atoms with E-state index in [1.807, 2.05) is 74.5 Å². The second kappa shape index (κ2) is 13.5. The van der Waals surface area contributed by atoms with Crippen LogP contribution in [0.1, 0.15) is 28.1 Å². The van der Waals surface area contributed by atoms with E-state index in [1.165, 1.54) is 0 Å². The van der Waals surface area contributed by atoms with Gasteiger partial charge in [-0.15, -0.1) is 0 Å². The number of pyridine rings is 1. The Balaban J connectivity index is 1.32. The SMILES string of the molecule is Cc1cc(-c2cc(-n3c4ccccc4c4ccc(-c5ccc(C#N)cc5)cc43)c(C#N)c(-n3c4ccccc4c4ccc(-c5ccc(C#N)cc5)cc43)c2)cc(C)n1. The maximum absolute atomic E-state index is 11.5. The third-order valence-corrected chi connectivity index (χ3v) is 11.1. The lowest BCUT2D eigenvalue weighted by atomic mass is 9.99. The van der Waals surface area contributed by atoms with Crippen molar-refractivity contribution < 1.29 is 0 Å². The van der Waals surface area contributed by atoms with Gasteiger partial charge in [0.2, 0.25) is 0 Å². The Labute approximate surface area is 335 Å². The molecule has 58 heavy (non-hydrogen) atoms. The van der Waals surface area contributed by atoms with Gasteiger partial charge in [0.1, 0.15) is 11.6 Å². The minimum absolute atomic E-state index is 0.532. The van der Waals surface area contributed by atoms with Crippen LogP contribution in [0.15, 0.2) is 158 Å². The van der Waals surface area contributed by atoms with Crippen molar-refractivity contribution >= 4 is 43.6 Å². The van der Waals surface area contributed by atoms with Crippen LogP contribution >= 0.6 is 0 Å². The van der Waals surface area contributed by atoms with Crippen LogP contribution in [0.25, 0.3) is 88.4 Å². The molecule has 0 saturated carbocycles. The summed E-state index contributed by atoms with van der Waals surface area (Å²) in [5, 5.41) is 34.7. The highest BCUT2D eigenvalue weighted by Gasteiger charge is 2.23. The molecule has 0 amide bonds. The molecule has 0 fully saturated rings.